The molecule has 0 aromatic carbocycles. The largest absolute Gasteiger partial charge is 0.356 e. The van der Waals surface area contributed by atoms with Gasteiger partial charge in [-0.2, -0.15) is 0 Å². The lowest BCUT2D eigenvalue weighted by molar-refractivity contribution is -0.164. The molecular weight excluding hydrogens is 372 g/mol. The molecule has 0 aromatic rings. The molecule has 3 nitrogen and oxygen atoms in total. The van der Waals surface area contributed by atoms with E-state index in [1.54, 1.807) is 16.7 Å². The summed E-state index contributed by atoms with van der Waals surface area (Å²) < 4.78 is 18.9. The maximum atomic E-state index is 6.80. The Hall–Kier alpha value is -1.08. The first kappa shape index (κ1) is 20.8. The first-order valence-corrected chi connectivity index (χ1v) is 12.0. The van der Waals surface area contributed by atoms with Gasteiger partial charge >= 0.3 is 0 Å². The van der Waals surface area contributed by atoms with Crippen LogP contribution in [0.4, 0.5) is 0 Å². The summed E-state index contributed by atoms with van der Waals surface area (Å²) in [4.78, 5) is 0. The highest BCUT2D eigenvalue weighted by Crippen LogP contribution is 2.64. The lowest BCUT2D eigenvalue weighted by Gasteiger charge is -2.52. The Labute approximate surface area is 182 Å². The molecule has 4 aliphatic carbocycles. The third-order valence-electron chi connectivity index (χ3n) is 8.57. The zero-order valence-corrected chi connectivity index (χ0v) is 19.5. The van der Waals surface area contributed by atoms with Crippen molar-refractivity contribution in [2.45, 2.75) is 103 Å². The molecule has 0 bridgehead atoms. The standard InChI is InChI=1S/C27H38O3/c1-6-12-26(30-24(2,3)4)14-11-23-22-8-7-19-18-27(28-16-17-29-27)15-10-20(19)21(22)9-13-25(23,26)5/h9,22-23H,7-8,10-11,13-18H2,1-5H3/t22-,23+,25+,26+/m1/s1. The number of hydrogen-bond acceptors (Lipinski definition) is 3. The lowest BCUT2D eigenvalue weighted by Crippen LogP contribution is -2.52. The van der Waals surface area contributed by atoms with Gasteiger partial charge < -0.3 is 14.2 Å². The van der Waals surface area contributed by atoms with Gasteiger partial charge in [0.1, 0.15) is 5.60 Å². The maximum absolute atomic E-state index is 6.80. The first-order chi connectivity index (χ1) is 14.2. The molecule has 1 spiro atoms. The molecule has 5 aliphatic rings. The molecule has 1 saturated heterocycles. The molecule has 0 amide bonds. The quantitative estimate of drug-likeness (QED) is 0.500. The third kappa shape index (κ3) is 3.06. The Balaban J connectivity index is 1.48. The normalized spacial score (nSPS) is 39.7. The lowest BCUT2D eigenvalue weighted by atomic mass is 9.56. The van der Waals surface area contributed by atoms with Gasteiger partial charge in [-0.3, -0.25) is 0 Å². The molecule has 0 radical (unpaired) electrons. The van der Waals surface area contributed by atoms with Crippen LogP contribution < -0.4 is 0 Å². The van der Waals surface area contributed by atoms with Crippen LogP contribution in [0.25, 0.3) is 0 Å². The van der Waals surface area contributed by atoms with Crippen molar-refractivity contribution in [2.75, 3.05) is 13.2 Å². The molecule has 3 heteroatoms. The molecule has 1 aliphatic heterocycles. The van der Waals surface area contributed by atoms with Crippen molar-refractivity contribution < 1.29 is 14.2 Å². The topological polar surface area (TPSA) is 27.7 Å². The van der Waals surface area contributed by atoms with E-state index in [-0.39, 0.29) is 22.4 Å². The van der Waals surface area contributed by atoms with Crippen LogP contribution in [0.1, 0.15) is 86.0 Å². The Morgan fingerprint density at radius 1 is 1.10 bits per heavy atom. The predicted molar refractivity (Wildman–Crippen MR) is 119 cm³/mol. The van der Waals surface area contributed by atoms with E-state index in [2.05, 4.69) is 45.6 Å². The van der Waals surface area contributed by atoms with Crippen LogP contribution >= 0.6 is 0 Å². The van der Waals surface area contributed by atoms with Crippen molar-refractivity contribution in [2.24, 2.45) is 17.3 Å². The van der Waals surface area contributed by atoms with E-state index in [1.165, 1.54) is 19.3 Å². The number of ether oxygens (including phenoxy) is 3. The van der Waals surface area contributed by atoms with Crippen molar-refractivity contribution in [3.63, 3.8) is 0 Å². The molecule has 0 aromatic heterocycles. The second-order valence-electron chi connectivity index (χ2n) is 11.4. The summed E-state index contributed by atoms with van der Waals surface area (Å²) in [6, 6.07) is 0. The van der Waals surface area contributed by atoms with Crippen LogP contribution in [0, 0.1) is 29.1 Å². The van der Waals surface area contributed by atoms with Crippen molar-refractivity contribution in [3.05, 3.63) is 22.8 Å². The summed E-state index contributed by atoms with van der Waals surface area (Å²) in [5, 5.41) is 0. The zero-order valence-electron chi connectivity index (χ0n) is 19.5. The monoisotopic (exact) mass is 410 g/mol. The molecule has 2 fully saturated rings. The summed E-state index contributed by atoms with van der Waals surface area (Å²) in [6.45, 7) is 12.5. The van der Waals surface area contributed by atoms with Crippen LogP contribution in [-0.2, 0) is 14.2 Å². The minimum Gasteiger partial charge on any atom is -0.356 e. The van der Waals surface area contributed by atoms with Crippen LogP contribution in [0.2, 0.25) is 0 Å². The predicted octanol–water partition coefficient (Wildman–Crippen LogP) is 5.94. The van der Waals surface area contributed by atoms with E-state index < -0.39 is 0 Å². The highest BCUT2D eigenvalue weighted by atomic mass is 16.7. The Kier molecular flexibility index (Phi) is 4.83. The van der Waals surface area contributed by atoms with Crippen molar-refractivity contribution >= 4 is 0 Å². The average molecular weight is 411 g/mol. The molecule has 0 N–H and O–H groups in total. The fraction of sp³-hybridized carbons (Fsp3) is 0.778. The molecule has 164 valence electrons. The van der Waals surface area contributed by atoms with Gasteiger partial charge in [-0.05, 0) is 89.2 Å². The van der Waals surface area contributed by atoms with Gasteiger partial charge in [0.05, 0.1) is 18.8 Å². The molecule has 0 unspecified atom stereocenters. The number of hydrogen-bond donors (Lipinski definition) is 0. The molecule has 1 saturated carbocycles. The van der Waals surface area contributed by atoms with Crippen molar-refractivity contribution in [1.82, 2.24) is 0 Å². The van der Waals surface area contributed by atoms with Gasteiger partial charge in [0.15, 0.2) is 5.79 Å². The highest BCUT2D eigenvalue weighted by molar-refractivity contribution is 5.46. The van der Waals surface area contributed by atoms with Crippen LogP contribution in [0.15, 0.2) is 22.8 Å². The van der Waals surface area contributed by atoms with Crippen LogP contribution in [-0.4, -0.2) is 30.2 Å². The van der Waals surface area contributed by atoms with Gasteiger partial charge in [0.2, 0.25) is 0 Å². The Morgan fingerprint density at radius 3 is 2.57 bits per heavy atom. The fourth-order valence-corrected chi connectivity index (χ4v) is 7.41. The van der Waals surface area contributed by atoms with Gasteiger partial charge in [-0.1, -0.05) is 24.5 Å². The minimum atomic E-state index is -0.330. The van der Waals surface area contributed by atoms with E-state index in [9.17, 15) is 0 Å². The van der Waals surface area contributed by atoms with Gasteiger partial charge in [0, 0.05) is 18.3 Å². The van der Waals surface area contributed by atoms with E-state index in [0.29, 0.717) is 11.8 Å². The molecular formula is C27H38O3. The van der Waals surface area contributed by atoms with E-state index >= 15 is 0 Å². The molecule has 30 heavy (non-hydrogen) atoms. The smallest absolute Gasteiger partial charge is 0.172 e. The molecule has 4 atom stereocenters. The van der Waals surface area contributed by atoms with Gasteiger partial charge in [-0.25, -0.2) is 0 Å². The summed E-state index contributed by atoms with van der Waals surface area (Å²) in [5.74, 6) is 7.84. The summed E-state index contributed by atoms with van der Waals surface area (Å²) in [5.41, 5.74) is 4.48. The second-order valence-corrected chi connectivity index (χ2v) is 11.4. The second kappa shape index (κ2) is 6.96. The maximum Gasteiger partial charge on any atom is 0.172 e. The zero-order chi connectivity index (χ0) is 21.2. The number of rotatable bonds is 1. The Morgan fingerprint density at radius 2 is 1.87 bits per heavy atom. The van der Waals surface area contributed by atoms with Crippen molar-refractivity contribution in [1.29, 1.82) is 0 Å². The summed E-state index contributed by atoms with van der Waals surface area (Å²) in [7, 11) is 0. The molecule has 5 rings (SSSR count). The average Bonchev–Trinajstić information content (AvgIpc) is 3.23. The third-order valence-corrected chi connectivity index (χ3v) is 8.57. The highest BCUT2D eigenvalue weighted by Gasteiger charge is 2.62. The molecule has 1 heterocycles. The summed E-state index contributed by atoms with van der Waals surface area (Å²) >= 11 is 0. The minimum absolute atomic E-state index is 0.0864. The van der Waals surface area contributed by atoms with Crippen LogP contribution in [0.5, 0.6) is 0 Å². The van der Waals surface area contributed by atoms with Gasteiger partial charge in [0.25, 0.3) is 0 Å². The SMILES string of the molecule is CC#C[C@]1(OC(C)(C)C)CC[C@H]2[C@@H]3CCC4=C(CCC5(C4)OCCO5)C3=CC[C@@]21C. The Bertz CT molecular complexity index is 842. The fourth-order valence-electron chi connectivity index (χ4n) is 7.41. The van der Waals surface area contributed by atoms with E-state index in [0.717, 1.165) is 45.3 Å². The first-order valence-electron chi connectivity index (χ1n) is 12.0. The number of allylic oxidation sites excluding steroid dienone is 3. The number of fused-ring (bicyclic) bond motifs is 4. The van der Waals surface area contributed by atoms with Crippen molar-refractivity contribution in [3.8, 4) is 11.8 Å². The van der Waals surface area contributed by atoms with E-state index in [4.69, 9.17) is 14.2 Å². The van der Waals surface area contributed by atoms with Gasteiger partial charge in [-0.15, -0.1) is 5.92 Å². The van der Waals surface area contributed by atoms with E-state index in [1.807, 2.05) is 6.92 Å². The summed E-state index contributed by atoms with van der Waals surface area (Å²) in [6.07, 6.45) is 11.5. The van der Waals surface area contributed by atoms with Crippen LogP contribution in [0.3, 0.4) is 0 Å².